The van der Waals surface area contributed by atoms with Crippen molar-refractivity contribution in [2.24, 2.45) is 5.11 Å². The maximum Gasteiger partial charge on any atom is 0.330 e. The molecule has 1 saturated heterocycles. The molecule has 0 amide bonds. The van der Waals surface area contributed by atoms with Crippen molar-refractivity contribution in [3.8, 4) is 5.75 Å². The van der Waals surface area contributed by atoms with E-state index in [0.29, 0.717) is 0 Å². The number of rotatable bonds is 4. The smallest absolute Gasteiger partial charge is 0.330 e. The molecule has 0 aliphatic carbocycles. The first-order valence-corrected chi connectivity index (χ1v) is 5.89. The van der Waals surface area contributed by atoms with Crippen LogP contribution in [0.15, 0.2) is 20.9 Å². The quantitative estimate of drug-likeness (QED) is 0.360. The van der Waals surface area contributed by atoms with Crippen LogP contribution in [-0.2, 0) is 4.74 Å². The summed E-state index contributed by atoms with van der Waals surface area (Å²) in [5, 5.41) is 22.5. The SMILES string of the molecule is COc1cn(C2CC(O)(N=[N+]=[N-])C(CO)O2)c(=O)[nH]c1=O. The predicted molar refractivity (Wildman–Crippen MR) is 67.6 cm³/mol. The Morgan fingerprint density at radius 1 is 1.71 bits per heavy atom. The maximum absolute atomic E-state index is 11.8. The molecule has 21 heavy (non-hydrogen) atoms. The summed E-state index contributed by atoms with van der Waals surface area (Å²) in [6.45, 7) is -0.610. The predicted octanol–water partition coefficient (Wildman–Crippen LogP) is -1.18. The monoisotopic (exact) mass is 299 g/mol. The summed E-state index contributed by atoms with van der Waals surface area (Å²) in [5.74, 6) is -0.127. The van der Waals surface area contributed by atoms with Gasteiger partial charge in [-0.3, -0.25) is 14.3 Å². The summed E-state index contributed by atoms with van der Waals surface area (Å²) >= 11 is 0. The van der Waals surface area contributed by atoms with Crippen LogP contribution in [0.5, 0.6) is 5.75 Å². The second-order valence-electron chi connectivity index (χ2n) is 4.40. The molecule has 0 radical (unpaired) electrons. The summed E-state index contributed by atoms with van der Waals surface area (Å²) in [6, 6.07) is 0. The Hall–Kier alpha value is -2.33. The molecule has 2 heterocycles. The number of nitrogens with zero attached hydrogens (tertiary/aromatic N) is 4. The van der Waals surface area contributed by atoms with Gasteiger partial charge in [0.1, 0.15) is 12.3 Å². The third kappa shape index (κ3) is 2.62. The first-order valence-electron chi connectivity index (χ1n) is 5.89. The molecule has 0 bridgehead atoms. The van der Waals surface area contributed by atoms with Crippen molar-refractivity contribution in [3.05, 3.63) is 37.5 Å². The molecule has 1 aliphatic rings. The van der Waals surface area contributed by atoms with Crippen molar-refractivity contribution in [3.63, 3.8) is 0 Å². The van der Waals surface area contributed by atoms with E-state index in [2.05, 4.69) is 10.0 Å². The normalized spacial score (nSPS) is 28.1. The van der Waals surface area contributed by atoms with Gasteiger partial charge >= 0.3 is 5.69 Å². The lowest BCUT2D eigenvalue weighted by Gasteiger charge is -2.19. The van der Waals surface area contributed by atoms with Crippen LogP contribution >= 0.6 is 0 Å². The summed E-state index contributed by atoms with van der Waals surface area (Å²) in [7, 11) is 1.25. The van der Waals surface area contributed by atoms with E-state index in [-0.39, 0.29) is 12.2 Å². The number of nitrogens with one attached hydrogen (secondary N) is 1. The van der Waals surface area contributed by atoms with Crippen LogP contribution in [0.25, 0.3) is 10.4 Å². The molecule has 1 aromatic heterocycles. The number of hydrogen-bond donors (Lipinski definition) is 3. The molecule has 114 valence electrons. The molecule has 2 rings (SSSR count). The molecule has 1 fully saturated rings. The lowest BCUT2D eigenvalue weighted by Crippen LogP contribution is -2.38. The van der Waals surface area contributed by atoms with E-state index in [1.807, 2.05) is 4.98 Å². The van der Waals surface area contributed by atoms with E-state index in [1.165, 1.54) is 7.11 Å². The lowest BCUT2D eigenvalue weighted by molar-refractivity contribution is -0.0798. The average molecular weight is 299 g/mol. The Kier molecular flexibility index (Phi) is 4.00. The highest BCUT2D eigenvalue weighted by Gasteiger charge is 2.47. The van der Waals surface area contributed by atoms with E-state index in [4.69, 9.17) is 20.1 Å². The highest BCUT2D eigenvalue weighted by Crippen LogP contribution is 2.37. The van der Waals surface area contributed by atoms with Crippen LogP contribution in [-0.4, -0.2) is 45.3 Å². The number of aliphatic hydroxyl groups is 2. The van der Waals surface area contributed by atoms with Crippen molar-refractivity contribution in [2.45, 2.75) is 24.5 Å². The maximum atomic E-state index is 11.8. The Labute approximate surface area is 117 Å². The highest BCUT2D eigenvalue weighted by molar-refractivity contribution is 5.12. The van der Waals surface area contributed by atoms with Gasteiger partial charge in [-0.05, 0) is 5.53 Å². The van der Waals surface area contributed by atoms with Gasteiger partial charge in [-0.25, -0.2) is 4.79 Å². The largest absolute Gasteiger partial charge is 0.490 e. The zero-order chi connectivity index (χ0) is 15.6. The third-order valence-corrected chi connectivity index (χ3v) is 3.16. The summed E-state index contributed by atoms with van der Waals surface area (Å²) in [4.78, 5) is 27.7. The van der Waals surface area contributed by atoms with Gasteiger partial charge in [0.2, 0.25) is 5.75 Å². The number of aromatic amines is 1. The van der Waals surface area contributed by atoms with Crippen molar-refractivity contribution in [1.29, 1.82) is 0 Å². The van der Waals surface area contributed by atoms with Crippen LogP contribution in [0.2, 0.25) is 0 Å². The van der Waals surface area contributed by atoms with E-state index in [9.17, 15) is 14.7 Å². The zero-order valence-corrected chi connectivity index (χ0v) is 11.0. The number of hydrogen-bond acceptors (Lipinski definition) is 7. The Bertz CT molecular complexity index is 692. The number of aromatic nitrogens is 2. The molecule has 11 nitrogen and oxygen atoms in total. The molecular weight excluding hydrogens is 286 g/mol. The molecule has 3 N–H and O–H groups in total. The van der Waals surface area contributed by atoms with Gasteiger partial charge in [-0.2, -0.15) is 0 Å². The number of H-pyrrole nitrogens is 1. The standard InChI is InChI=1S/C10H13N5O6/c1-20-5-3-15(9(18)12-8(5)17)7-2-10(19,13-14-11)6(4-16)21-7/h3,6-7,16,19H,2,4H2,1H3,(H,12,17,18). The van der Waals surface area contributed by atoms with Gasteiger partial charge in [0, 0.05) is 11.3 Å². The van der Waals surface area contributed by atoms with Crippen molar-refractivity contribution in [2.75, 3.05) is 13.7 Å². The molecule has 1 aromatic rings. The van der Waals surface area contributed by atoms with Gasteiger partial charge in [0.15, 0.2) is 5.72 Å². The number of aliphatic hydroxyl groups excluding tert-OH is 1. The Morgan fingerprint density at radius 3 is 3.00 bits per heavy atom. The number of ether oxygens (including phenoxy) is 2. The second-order valence-corrected chi connectivity index (χ2v) is 4.40. The highest BCUT2D eigenvalue weighted by atomic mass is 16.6. The van der Waals surface area contributed by atoms with Crippen LogP contribution < -0.4 is 16.0 Å². The molecule has 1 aliphatic heterocycles. The zero-order valence-electron chi connectivity index (χ0n) is 11.0. The van der Waals surface area contributed by atoms with Crippen LogP contribution in [0.3, 0.4) is 0 Å². The third-order valence-electron chi connectivity index (χ3n) is 3.16. The molecule has 0 saturated carbocycles. The van der Waals surface area contributed by atoms with Gasteiger partial charge in [0.05, 0.1) is 19.9 Å². The Balaban J connectivity index is 2.43. The topological polar surface area (TPSA) is 163 Å². The first-order chi connectivity index (χ1) is 9.95. The number of methoxy groups -OCH3 is 1. The molecule has 0 spiro atoms. The van der Waals surface area contributed by atoms with E-state index in [1.54, 1.807) is 0 Å². The lowest BCUT2D eigenvalue weighted by atomic mass is 10.1. The molecule has 3 unspecified atom stereocenters. The van der Waals surface area contributed by atoms with E-state index in [0.717, 1.165) is 10.8 Å². The van der Waals surface area contributed by atoms with Crippen molar-refractivity contribution < 1.29 is 19.7 Å². The number of azide groups is 1. The Morgan fingerprint density at radius 2 is 2.43 bits per heavy atom. The first kappa shape index (κ1) is 15.1. The van der Waals surface area contributed by atoms with Gasteiger partial charge in [0.25, 0.3) is 5.56 Å². The average Bonchev–Trinajstić information content (AvgIpc) is 2.76. The van der Waals surface area contributed by atoms with E-state index < -0.39 is 35.9 Å². The van der Waals surface area contributed by atoms with Crippen LogP contribution in [0.4, 0.5) is 0 Å². The molecule has 3 atom stereocenters. The molecular formula is C10H13N5O6. The summed E-state index contributed by atoms with van der Waals surface area (Å²) < 4.78 is 11.1. The van der Waals surface area contributed by atoms with Gasteiger partial charge in [-0.1, -0.05) is 5.11 Å². The minimum absolute atomic E-state index is 0.127. The fourth-order valence-corrected chi connectivity index (χ4v) is 2.10. The van der Waals surface area contributed by atoms with E-state index >= 15 is 0 Å². The van der Waals surface area contributed by atoms with Crippen LogP contribution in [0, 0.1) is 0 Å². The second kappa shape index (κ2) is 5.58. The fraction of sp³-hybridized carbons (Fsp3) is 0.600. The molecule has 0 aromatic carbocycles. The van der Waals surface area contributed by atoms with Crippen molar-refractivity contribution in [1.82, 2.24) is 9.55 Å². The van der Waals surface area contributed by atoms with Crippen molar-refractivity contribution >= 4 is 0 Å². The fourth-order valence-electron chi connectivity index (χ4n) is 2.10. The molecule has 11 heteroatoms. The van der Waals surface area contributed by atoms with Gasteiger partial charge < -0.3 is 19.7 Å². The summed E-state index contributed by atoms with van der Waals surface area (Å²) in [5.41, 5.74) is 4.98. The summed E-state index contributed by atoms with van der Waals surface area (Å²) in [6.07, 6.45) is -1.38. The van der Waals surface area contributed by atoms with Gasteiger partial charge in [-0.15, -0.1) is 0 Å². The minimum atomic E-state index is -1.99. The van der Waals surface area contributed by atoms with Crippen LogP contribution in [0.1, 0.15) is 12.6 Å². The minimum Gasteiger partial charge on any atom is -0.490 e.